The molecule has 0 saturated heterocycles. The van der Waals surface area contributed by atoms with Crippen molar-refractivity contribution in [2.75, 3.05) is 7.05 Å². The molecule has 1 amide bonds. The number of hydrogen-bond donors (Lipinski definition) is 2. The number of amides is 1. The predicted octanol–water partition coefficient (Wildman–Crippen LogP) is 1.52. The highest BCUT2D eigenvalue weighted by Crippen LogP contribution is 2.24. The minimum Gasteiger partial charge on any atom is -0.503 e. The van der Waals surface area contributed by atoms with Gasteiger partial charge >= 0.3 is 5.97 Å². The molecule has 0 aromatic heterocycles. The van der Waals surface area contributed by atoms with Crippen molar-refractivity contribution < 1.29 is 28.6 Å². The predicted molar refractivity (Wildman–Crippen MR) is 73.0 cm³/mol. The minimum absolute atomic E-state index is 0.00300. The van der Waals surface area contributed by atoms with Crippen LogP contribution in [-0.4, -0.2) is 39.9 Å². The molecular formula is C14H10F2N2O4. The zero-order valence-electron chi connectivity index (χ0n) is 11.2. The quantitative estimate of drug-likeness (QED) is 0.828. The van der Waals surface area contributed by atoms with Crippen molar-refractivity contribution in [3.05, 3.63) is 47.2 Å². The summed E-state index contributed by atoms with van der Waals surface area (Å²) in [7, 11) is 1.38. The smallest absolute Gasteiger partial charge is 0.328 e. The van der Waals surface area contributed by atoms with Gasteiger partial charge < -0.3 is 10.2 Å². The number of halogens is 2. The molecule has 1 aliphatic rings. The summed E-state index contributed by atoms with van der Waals surface area (Å²) in [4.78, 5) is 27.4. The van der Waals surface area contributed by atoms with Gasteiger partial charge in [-0.25, -0.2) is 18.6 Å². The Labute approximate surface area is 123 Å². The third-order valence-corrected chi connectivity index (χ3v) is 2.82. The molecule has 1 heterocycles. The number of rotatable bonds is 3. The van der Waals surface area contributed by atoms with E-state index in [1.54, 1.807) is 0 Å². The number of carbonyl (C=O) groups is 2. The van der Waals surface area contributed by atoms with E-state index in [-0.39, 0.29) is 17.1 Å². The first-order chi connectivity index (χ1) is 10.3. The number of phenols is 1. The number of aliphatic imine (C=N–C) groups is 1. The third-order valence-electron chi connectivity index (χ3n) is 2.82. The monoisotopic (exact) mass is 308 g/mol. The third kappa shape index (κ3) is 3.00. The van der Waals surface area contributed by atoms with E-state index in [9.17, 15) is 18.4 Å². The van der Waals surface area contributed by atoms with Gasteiger partial charge in [-0.1, -0.05) is 0 Å². The molecule has 6 nitrogen and oxygen atoms in total. The van der Waals surface area contributed by atoms with Gasteiger partial charge in [-0.3, -0.25) is 9.69 Å². The fourth-order valence-corrected chi connectivity index (χ4v) is 1.74. The van der Waals surface area contributed by atoms with Crippen LogP contribution in [0.15, 0.2) is 35.0 Å². The molecule has 1 aromatic carbocycles. The van der Waals surface area contributed by atoms with Crippen molar-refractivity contribution in [2.24, 2.45) is 4.99 Å². The minimum atomic E-state index is -1.20. The molecule has 0 aliphatic carbocycles. The van der Waals surface area contributed by atoms with Gasteiger partial charge in [-0.05, 0) is 29.8 Å². The Morgan fingerprint density at radius 2 is 1.91 bits per heavy atom. The average molecular weight is 308 g/mol. The molecule has 2 N–H and O–H groups in total. The maximum atomic E-state index is 13.2. The number of phenolic OH excluding ortho intramolecular Hbond substituents is 1. The zero-order chi connectivity index (χ0) is 16.4. The van der Waals surface area contributed by atoms with Crippen LogP contribution in [0.2, 0.25) is 0 Å². The largest absolute Gasteiger partial charge is 0.503 e. The number of hydrogen-bond acceptors (Lipinski definition) is 4. The van der Waals surface area contributed by atoms with Crippen LogP contribution in [0.25, 0.3) is 6.08 Å². The van der Waals surface area contributed by atoms with Gasteiger partial charge in [0, 0.05) is 13.1 Å². The second kappa shape index (κ2) is 5.76. The van der Waals surface area contributed by atoms with Crippen LogP contribution in [0, 0.1) is 11.6 Å². The van der Waals surface area contributed by atoms with E-state index in [0.717, 1.165) is 35.3 Å². The molecule has 0 atom stereocenters. The summed E-state index contributed by atoms with van der Waals surface area (Å²) in [6.07, 6.45) is 3.07. The molecule has 0 saturated carbocycles. The van der Waals surface area contributed by atoms with Crippen LogP contribution < -0.4 is 0 Å². The summed E-state index contributed by atoms with van der Waals surface area (Å²) in [6, 6.07) is 1.69. The lowest BCUT2D eigenvalue weighted by Gasteiger charge is -2.07. The summed E-state index contributed by atoms with van der Waals surface area (Å²) in [6.45, 7) is 0. The van der Waals surface area contributed by atoms with Gasteiger partial charge in [-0.2, -0.15) is 0 Å². The Hall–Kier alpha value is -3.03. The first-order valence-electron chi connectivity index (χ1n) is 5.97. The molecule has 1 aromatic rings. The molecule has 22 heavy (non-hydrogen) atoms. The van der Waals surface area contributed by atoms with E-state index < -0.39 is 29.3 Å². The second-order valence-corrected chi connectivity index (χ2v) is 4.37. The Balaban J connectivity index is 2.39. The van der Waals surface area contributed by atoms with Crippen molar-refractivity contribution in [1.29, 1.82) is 0 Å². The van der Waals surface area contributed by atoms with Crippen LogP contribution in [0.3, 0.4) is 0 Å². The van der Waals surface area contributed by atoms with Gasteiger partial charge in [0.2, 0.25) is 0 Å². The summed E-state index contributed by atoms with van der Waals surface area (Å²) in [5.41, 5.74) is -0.117. The highest BCUT2D eigenvalue weighted by Gasteiger charge is 2.25. The summed E-state index contributed by atoms with van der Waals surface area (Å²) in [5, 5.41) is 17.6. The Morgan fingerprint density at radius 3 is 2.45 bits per heavy atom. The van der Waals surface area contributed by atoms with Crippen LogP contribution >= 0.6 is 0 Å². The molecule has 0 unspecified atom stereocenters. The maximum Gasteiger partial charge on any atom is 0.328 e. The number of likely N-dealkylation sites (N-methyl/N-ethyl adjacent to an activating group) is 1. The highest BCUT2D eigenvalue weighted by atomic mass is 19.1. The van der Waals surface area contributed by atoms with E-state index >= 15 is 0 Å². The maximum absolute atomic E-state index is 13.2. The fourth-order valence-electron chi connectivity index (χ4n) is 1.74. The molecule has 0 radical (unpaired) electrons. The van der Waals surface area contributed by atoms with Crippen molar-refractivity contribution in [2.45, 2.75) is 0 Å². The van der Waals surface area contributed by atoms with E-state index in [1.807, 2.05) is 0 Å². The van der Waals surface area contributed by atoms with E-state index in [2.05, 4.69) is 4.99 Å². The van der Waals surface area contributed by atoms with Crippen LogP contribution in [0.4, 0.5) is 8.78 Å². The molecule has 114 valence electrons. The van der Waals surface area contributed by atoms with Crippen molar-refractivity contribution in [3.8, 4) is 5.75 Å². The van der Waals surface area contributed by atoms with Crippen molar-refractivity contribution >= 4 is 23.8 Å². The van der Waals surface area contributed by atoms with Crippen molar-refractivity contribution in [3.63, 3.8) is 0 Å². The number of benzene rings is 1. The molecule has 2 rings (SSSR count). The summed E-state index contributed by atoms with van der Waals surface area (Å²) >= 11 is 0. The normalized spacial score (nSPS) is 16.7. The van der Waals surface area contributed by atoms with Gasteiger partial charge in [0.15, 0.2) is 17.4 Å². The Kier molecular flexibility index (Phi) is 4.02. The molecule has 0 spiro atoms. The van der Waals surface area contributed by atoms with Crippen molar-refractivity contribution in [1.82, 2.24) is 4.90 Å². The van der Waals surface area contributed by atoms with E-state index in [0.29, 0.717) is 0 Å². The Bertz CT molecular complexity index is 730. The van der Waals surface area contributed by atoms with Crippen LogP contribution in [-0.2, 0) is 9.59 Å². The van der Waals surface area contributed by atoms with Crippen LogP contribution in [0.5, 0.6) is 5.75 Å². The average Bonchev–Trinajstić information content (AvgIpc) is 2.70. The van der Waals surface area contributed by atoms with Gasteiger partial charge in [0.25, 0.3) is 5.91 Å². The standard InChI is InChI=1S/C14H10F2N2O4/c1-18-11(2-3-12(19)20)17-10(14(18)22)6-7-4-8(15)13(21)9(16)5-7/h2-6,21H,1H3,(H,19,20)/b3-2+,10-6?. The number of aliphatic carboxylic acids is 1. The summed E-state index contributed by atoms with van der Waals surface area (Å²) < 4.78 is 26.5. The topological polar surface area (TPSA) is 90.2 Å². The summed E-state index contributed by atoms with van der Waals surface area (Å²) in [5.74, 6) is -5.12. The molecule has 1 aliphatic heterocycles. The number of amidine groups is 1. The number of nitrogens with zero attached hydrogens (tertiary/aromatic N) is 2. The molecule has 8 heteroatoms. The van der Waals surface area contributed by atoms with Gasteiger partial charge in [0.1, 0.15) is 11.5 Å². The van der Waals surface area contributed by atoms with E-state index in [1.165, 1.54) is 7.05 Å². The molecule has 0 fully saturated rings. The number of carboxylic acid groups (broad SMARTS) is 1. The van der Waals surface area contributed by atoms with E-state index in [4.69, 9.17) is 10.2 Å². The lowest BCUT2D eigenvalue weighted by molar-refractivity contribution is -0.131. The number of aromatic hydroxyl groups is 1. The molecular weight excluding hydrogens is 298 g/mol. The van der Waals surface area contributed by atoms with Gasteiger partial charge in [0.05, 0.1) is 0 Å². The fraction of sp³-hybridized carbons (Fsp3) is 0.0714. The SMILES string of the molecule is CN1C(=O)C(=Cc2cc(F)c(O)c(F)c2)N=C1/C=C/C(=O)O. The number of carboxylic acids is 1. The zero-order valence-corrected chi connectivity index (χ0v) is 11.2. The number of carbonyl (C=O) groups excluding carboxylic acids is 1. The van der Waals surface area contributed by atoms with Gasteiger partial charge in [-0.15, -0.1) is 0 Å². The lowest BCUT2D eigenvalue weighted by Crippen LogP contribution is -2.26. The first-order valence-corrected chi connectivity index (χ1v) is 5.97. The molecule has 0 bridgehead atoms. The highest BCUT2D eigenvalue weighted by molar-refractivity contribution is 6.18. The lowest BCUT2D eigenvalue weighted by atomic mass is 10.1. The Morgan fingerprint density at radius 1 is 1.32 bits per heavy atom. The first kappa shape index (κ1) is 15.4. The van der Waals surface area contributed by atoms with Crippen LogP contribution in [0.1, 0.15) is 5.56 Å². The second-order valence-electron chi connectivity index (χ2n) is 4.37.